The molecule has 46 heavy (non-hydrogen) atoms. The summed E-state index contributed by atoms with van der Waals surface area (Å²) in [6, 6.07) is 4.16. The number of nitrogens with one attached hydrogen (secondary N) is 2. The highest BCUT2D eigenvalue weighted by molar-refractivity contribution is 6.74. The van der Waals surface area contributed by atoms with E-state index >= 15 is 4.39 Å². The zero-order valence-electron chi connectivity index (χ0n) is 26.7. The van der Waals surface area contributed by atoms with E-state index in [2.05, 4.69) is 49.5 Å². The van der Waals surface area contributed by atoms with E-state index in [1.54, 1.807) is 6.07 Å². The van der Waals surface area contributed by atoms with Gasteiger partial charge in [0.15, 0.2) is 8.32 Å². The SMILES string of the molecule is COc1cc(F)c(-c2c(F)ccc(C(=O)Nc3cnccc3N3C[C@H](C)[C@@H](O[Si](C)(C)C(C)(C)C)[C@H](NC(=O)O)C3)c2F)c(F)c1. The summed E-state index contributed by atoms with van der Waals surface area (Å²) in [5, 5.41) is 14.7. The van der Waals surface area contributed by atoms with Crippen LogP contribution in [-0.4, -0.2) is 62.8 Å². The minimum atomic E-state index is -2.28. The Labute approximate surface area is 266 Å². The summed E-state index contributed by atoms with van der Waals surface area (Å²) in [4.78, 5) is 31.1. The molecule has 1 saturated heterocycles. The molecular weight excluding hydrogens is 624 g/mol. The van der Waals surface area contributed by atoms with Gasteiger partial charge in [0.25, 0.3) is 5.91 Å². The van der Waals surface area contributed by atoms with Gasteiger partial charge in [-0.15, -0.1) is 0 Å². The van der Waals surface area contributed by atoms with E-state index in [0.29, 0.717) is 12.2 Å². The van der Waals surface area contributed by atoms with E-state index in [1.807, 2.05) is 11.8 Å². The van der Waals surface area contributed by atoms with E-state index in [0.717, 1.165) is 24.3 Å². The molecule has 2 amide bonds. The van der Waals surface area contributed by atoms with E-state index in [4.69, 9.17) is 9.16 Å². The number of hydrogen-bond acceptors (Lipinski definition) is 6. The molecule has 1 fully saturated rings. The Morgan fingerprint density at radius 3 is 2.26 bits per heavy atom. The Kier molecular flexibility index (Phi) is 10.0. The second kappa shape index (κ2) is 13.3. The maximum atomic E-state index is 15.7. The third-order valence-electron chi connectivity index (χ3n) is 8.65. The van der Waals surface area contributed by atoms with Crippen molar-refractivity contribution in [3.8, 4) is 16.9 Å². The number of rotatable bonds is 8. The molecule has 0 saturated carbocycles. The van der Waals surface area contributed by atoms with Crippen LogP contribution in [0.3, 0.4) is 0 Å². The third-order valence-corrected chi connectivity index (χ3v) is 13.1. The maximum Gasteiger partial charge on any atom is 0.405 e. The van der Waals surface area contributed by atoms with Crippen molar-refractivity contribution in [1.29, 1.82) is 0 Å². The van der Waals surface area contributed by atoms with Crippen LogP contribution in [0, 0.1) is 29.2 Å². The Hall–Kier alpha value is -4.17. The number of amides is 2. The van der Waals surface area contributed by atoms with Crippen LogP contribution in [0.25, 0.3) is 11.1 Å². The first-order valence-electron chi connectivity index (χ1n) is 14.6. The second-order valence-corrected chi connectivity index (χ2v) is 17.6. The fourth-order valence-corrected chi connectivity index (χ4v) is 6.71. The van der Waals surface area contributed by atoms with E-state index < -0.39 is 72.4 Å². The molecule has 3 N–H and O–H groups in total. The maximum absolute atomic E-state index is 15.7. The van der Waals surface area contributed by atoms with Gasteiger partial charge in [-0.2, -0.15) is 0 Å². The van der Waals surface area contributed by atoms with Gasteiger partial charge in [0.05, 0.1) is 53.5 Å². The van der Waals surface area contributed by atoms with Gasteiger partial charge in [-0.1, -0.05) is 27.7 Å². The van der Waals surface area contributed by atoms with Crippen LogP contribution in [0.1, 0.15) is 38.1 Å². The van der Waals surface area contributed by atoms with Gasteiger partial charge in [-0.25, -0.2) is 22.4 Å². The van der Waals surface area contributed by atoms with Crippen LogP contribution < -0.4 is 20.3 Å². The number of methoxy groups -OCH3 is 1. The van der Waals surface area contributed by atoms with Crippen LogP contribution in [-0.2, 0) is 4.43 Å². The number of carboxylic acid groups (broad SMARTS) is 1. The average Bonchev–Trinajstić information content (AvgIpc) is 2.95. The number of pyridine rings is 1. The van der Waals surface area contributed by atoms with Gasteiger partial charge in [0, 0.05) is 37.3 Å². The summed E-state index contributed by atoms with van der Waals surface area (Å²) in [5.74, 6) is -6.65. The number of benzene rings is 2. The number of halogens is 4. The van der Waals surface area contributed by atoms with E-state index in [9.17, 15) is 27.9 Å². The Balaban J connectivity index is 1.65. The number of ether oxygens (including phenoxy) is 1. The molecule has 0 radical (unpaired) electrons. The van der Waals surface area contributed by atoms with Crippen LogP contribution in [0.15, 0.2) is 42.7 Å². The zero-order chi connectivity index (χ0) is 34.1. The van der Waals surface area contributed by atoms with Crippen molar-refractivity contribution >= 4 is 31.7 Å². The molecule has 2 aromatic carbocycles. The van der Waals surface area contributed by atoms with Crippen molar-refractivity contribution in [2.24, 2.45) is 5.92 Å². The molecule has 248 valence electrons. The molecule has 0 unspecified atom stereocenters. The number of piperidine rings is 1. The van der Waals surface area contributed by atoms with E-state index in [-0.39, 0.29) is 28.9 Å². The highest BCUT2D eigenvalue weighted by Gasteiger charge is 2.45. The summed E-state index contributed by atoms with van der Waals surface area (Å²) in [6.45, 7) is 13.1. The zero-order valence-corrected chi connectivity index (χ0v) is 27.7. The van der Waals surface area contributed by atoms with Crippen LogP contribution in [0.5, 0.6) is 5.75 Å². The summed E-state index contributed by atoms with van der Waals surface area (Å²) in [7, 11) is -1.10. The van der Waals surface area contributed by atoms with Crippen molar-refractivity contribution in [2.75, 3.05) is 30.4 Å². The highest BCUT2D eigenvalue weighted by Crippen LogP contribution is 2.40. The standard InChI is InChI=1S/C32H38F4N4O5Si/c1-17-15-40(16-24(39-31(42)43)29(17)45-46(6,7)32(2,3)4)25-10-11-37-14-23(25)38-30(41)19-8-9-20(33)27(28(19)36)26-21(34)12-18(44-5)13-22(26)35/h8-14,17,24,29,39H,15-16H2,1-7H3,(H,38,41)(H,42,43)/t17-,24+,29+/m0/s1. The lowest BCUT2D eigenvalue weighted by molar-refractivity contribution is 0.0722. The summed E-state index contributed by atoms with van der Waals surface area (Å²) >= 11 is 0. The molecule has 9 nitrogen and oxygen atoms in total. The predicted molar refractivity (Wildman–Crippen MR) is 169 cm³/mol. The van der Waals surface area contributed by atoms with Crippen LogP contribution in [0.2, 0.25) is 18.1 Å². The molecule has 14 heteroatoms. The monoisotopic (exact) mass is 662 g/mol. The smallest absolute Gasteiger partial charge is 0.405 e. The minimum absolute atomic E-state index is 0.111. The molecule has 1 aliphatic rings. The van der Waals surface area contributed by atoms with E-state index in [1.165, 1.54) is 19.5 Å². The summed E-state index contributed by atoms with van der Waals surface area (Å²) < 4.78 is 71.6. The van der Waals surface area contributed by atoms with Gasteiger partial charge >= 0.3 is 6.09 Å². The number of nitrogens with zero attached hydrogens (tertiary/aromatic N) is 2. The lowest BCUT2D eigenvalue weighted by atomic mass is 9.92. The molecule has 0 aliphatic carbocycles. The molecule has 1 aromatic heterocycles. The largest absolute Gasteiger partial charge is 0.497 e. The molecule has 3 aromatic rings. The Morgan fingerprint density at radius 1 is 1.02 bits per heavy atom. The number of aromatic nitrogens is 1. The lowest BCUT2D eigenvalue weighted by Crippen LogP contribution is -2.62. The predicted octanol–water partition coefficient (Wildman–Crippen LogP) is 7.05. The van der Waals surface area contributed by atoms with Gasteiger partial charge in [0.1, 0.15) is 29.0 Å². The first-order valence-corrected chi connectivity index (χ1v) is 17.5. The number of carbonyl (C=O) groups is 2. The second-order valence-electron chi connectivity index (χ2n) is 12.9. The minimum Gasteiger partial charge on any atom is -0.497 e. The summed E-state index contributed by atoms with van der Waals surface area (Å²) in [6.07, 6.45) is 1.19. The number of carbonyl (C=O) groups excluding carboxylic acids is 1. The van der Waals surface area contributed by atoms with Crippen molar-refractivity contribution < 1.29 is 41.4 Å². The Morgan fingerprint density at radius 2 is 1.67 bits per heavy atom. The van der Waals surface area contributed by atoms with Crippen LogP contribution in [0.4, 0.5) is 33.7 Å². The normalized spacial score (nSPS) is 18.7. The number of hydrogen-bond donors (Lipinski definition) is 3. The molecule has 3 atom stereocenters. The quantitative estimate of drug-likeness (QED) is 0.175. The van der Waals surface area contributed by atoms with Crippen molar-refractivity contribution in [3.63, 3.8) is 0 Å². The first kappa shape index (κ1) is 34.7. The van der Waals surface area contributed by atoms with Crippen LogP contribution >= 0.6 is 0 Å². The summed E-state index contributed by atoms with van der Waals surface area (Å²) in [5.41, 5.74) is -2.07. The third kappa shape index (κ3) is 7.12. The van der Waals surface area contributed by atoms with Crippen molar-refractivity contribution in [1.82, 2.24) is 10.3 Å². The average molecular weight is 663 g/mol. The molecule has 2 heterocycles. The highest BCUT2D eigenvalue weighted by atomic mass is 28.4. The van der Waals surface area contributed by atoms with Crippen molar-refractivity contribution in [3.05, 3.63) is 71.6 Å². The molecule has 4 rings (SSSR count). The van der Waals surface area contributed by atoms with Gasteiger partial charge in [-0.3, -0.25) is 9.78 Å². The molecule has 1 aliphatic heterocycles. The lowest BCUT2D eigenvalue weighted by Gasteiger charge is -2.48. The molecule has 0 spiro atoms. The van der Waals surface area contributed by atoms with Crippen molar-refractivity contribution in [2.45, 2.75) is 58.0 Å². The van der Waals surface area contributed by atoms with Gasteiger partial charge in [-0.05, 0) is 36.3 Å². The Bertz CT molecular complexity index is 1610. The fourth-order valence-electron chi connectivity index (χ4n) is 5.27. The number of anilines is 2. The molecule has 0 bridgehead atoms. The van der Waals surface area contributed by atoms with Gasteiger partial charge < -0.3 is 29.8 Å². The first-order chi connectivity index (χ1) is 21.4. The molecular formula is C32H38F4N4O5Si. The fraction of sp³-hybridized carbons (Fsp3) is 0.406. The van der Waals surface area contributed by atoms with Gasteiger partial charge in [0.2, 0.25) is 0 Å². The topological polar surface area (TPSA) is 113 Å².